The number of allylic oxidation sites excluding steroid dienone is 1. The fourth-order valence-electron chi connectivity index (χ4n) is 2.32. The Labute approximate surface area is 151 Å². The van der Waals surface area contributed by atoms with E-state index in [1.807, 2.05) is 0 Å². The molecule has 26 heavy (non-hydrogen) atoms. The van der Waals surface area contributed by atoms with Crippen molar-refractivity contribution in [2.75, 3.05) is 0 Å². The maximum Gasteiger partial charge on any atom is 0.189 e. The largest absolute Gasteiger partial charge is 0.508 e. The third-order valence-corrected chi connectivity index (χ3v) is 4.06. The van der Waals surface area contributed by atoms with Crippen molar-refractivity contribution in [3.05, 3.63) is 59.2 Å². The van der Waals surface area contributed by atoms with E-state index in [2.05, 4.69) is 0 Å². The van der Waals surface area contributed by atoms with Gasteiger partial charge in [0.2, 0.25) is 0 Å². The average Bonchev–Trinajstić information content (AvgIpc) is 2.56. The Morgan fingerprint density at radius 1 is 1.08 bits per heavy atom. The first-order valence-corrected chi connectivity index (χ1v) is 8.05. The van der Waals surface area contributed by atoms with Crippen molar-refractivity contribution in [3.8, 4) is 17.2 Å². The maximum atomic E-state index is 12.4. The van der Waals surface area contributed by atoms with Crippen molar-refractivity contribution < 1.29 is 30.3 Å². The molecule has 0 bridgehead atoms. The summed E-state index contributed by atoms with van der Waals surface area (Å²) in [4.78, 5) is 12.4. The predicted molar refractivity (Wildman–Crippen MR) is 97.3 cm³/mol. The monoisotopic (exact) mass is 358 g/mol. The highest BCUT2D eigenvalue weighted by Crippen LogP contribution is 2.33. The van der Waals surface area contributed by atoms with Crippen LogP contribution in [0, 0.1) is 0 Å². The minimum atomic E-state index is -1.43. The first-order chi connectivity index (χ1) is 12.1. The molecule has 0 saturated heterocycles. The molecule has 6 nitrogen and oxygen atoms in total. The van der Waals surface area contributed by atoms with Crippen molar-refractivity contribution in [2.24, 2.45) is 0 Å². The molecule has 6 heteroatoms. The Balaban J connectivity index is 2.28. The van der Waals surface area contributed by atoms with E-state index in [1.54, 1.807) is 12.1 Å². The molecule has 2 aromatic carbocycles. The summed E-state index contributed by atoms with van der Waals surface area (Å²) in [6.45, 7) is 2.81. The topological polar surface area (TPSA) is 118 Å². The molecule has 5 N–H and O–H groups in total. The number of ketones is 1. The molecule has 0 aromatic heterocycles. The number of benzene rings is 2. The second kappa shape index (κ2) is 7.59. The molecule has 138 valence electrons. The molecule has 0 aliphatic heterocycles. The van der Waals surface area contributed by atoms with Gasteiger partial charge >= 0.3 is 0 Å². The Morgan fingerprint density at radius 2 is 1.69 bits per heavy atom. The number of phenols is 3. The molecule has 0 saturated carbocycles. The van der Waals surface area contributed by atoms with E-state index >= 15 is 0 Å². The summed E-state index contributed by atoms with van der Waals surface area (Å²) in [6, 6.07) is 8.76. The van der Waals surface area contributed by atoms with Crippen LogP contribution in [-0.2, 0) is 6.42 Å². The summed E-state index contributed by atoms with van der Waals surface area (Å²) in [5.74, 6) is -1.09. The van der Waals surface area contributed by atoms with Crippen LogP contribution in [0.15, 0.2) is 42.5 Å². The Kier molecular flexibility index (Phi) is 5.69. The van der Waals surface area contributed by atoms with Crippen molar-refractivity contribution in [1.29, 1.82) is 0 Å². The quantitative estimate of drug-likeness (QED) is 0.400. The zero-order chi connectivity index (χ0) is 19.5. The number of hydrogen-bond donors (Lipinski definition) is 5. The highest BCUT2D eigenvalue weighted by Gasteiger charge is 2.28. The number of rotatable bonds is 6. The fourth-order valence-corrected chi connectivity index (χ4v) is 2.32. The van der Waals surface area contributed by atoms with Crippen LogP contribution in [0.2, 0.25) is 0 Å². The number of carbonyl (C=O) groups excluding carboxylic acids is 1. The first kappa shape index (κ1) is 19.5. The van der Waals surface area contributed by atoms with Gasteiger partial charge in [0.25, 0.3) is 0 Å². The average molecular weight is 358 g/mol. The van der Waals surface area contributed by atoms with Crippen LogP contribution in [-0.4, -0.2) is 43.0 Å². The van der Waals surface area contributed by atoms with Crippen LogP contribution in [0.25, 0.3) is 6.08 Å². The number of aliphatic hydroxyl groups is 2. The zero-order valence-corrected chi connectivity index (χ0v) is 14.5. The summed E-state index contributed by atoms with van der Waals surface area (Å²) < 4.78 is 0. The molecular weight excluding hydrogens is 336 g/mol. The number of carbonyl (C=O) groups is 1. The molecule has 1 unspecified atom stereocenters. The molecule has 0 radical (unpaired) electrons. The van der Waals surface area contributed by atoms with Crippen LogP contribution < -0.4 is 0 Å². The highest BCUT2D eigenvalue weighted by molar-refractivity contribution is 6.09. The van der Waals surface area contributed by atoms with Gasteiger partial charge < -0.3 is 25.5 Å². The van der Waals surface area contributed by atoms with Gasteiger partial charge in [-0.2, -0.15) is 0 Å². The summed E-state index contributed by atoms with van der Waals surface area (Å²) >= 11 is 0. The van der Waals surface area contributed by atoms with E-state index in [1.165, 1.54) is 50.3 Å². The Bertz CT molecular complexity index is 815. The van der Waals surface area contributed by atoms with E-state index in [0.717, 1.165) is 0 Å². The van der Waals surface area contributed by atoms with Crippen molar-refractivity contribution in [1.82, 2.24) is 0 Å². The normalized spacial score (nSPS) is 13.1. The standard InChI is InChI=1S/C20H22O6/c1-20(2,26)18(24)11-15-17(23)10-8-14(19(15)25)16(22)9-5-12-3-6-13(21)7-4-12/h3-10,18,21,23-26H,11H2,1-2H3/b9-5+. The lowest BCUT2D eigenvalue weighted by Crippen LogP contribution is -2.37. The van der Waals surface area contributed by atoms with Gasteiger partial charge in [0.15, 0.2) is 5.78 Å². The van der Waals surface area contributed by atoms with Gasteiger partial charge in [-0.3, -0.25) is 4.79 Å². The van der Waals surface area contributed by atoms with E-state index in [0.29, 0.717) is 5.56 Å². The molecule has 0 spiro atoms. The smallest absolute Gasteiger partial charge is 0.189 e. The van der Waals surface area contributed by atoms with E-state index in [9.17, 15) is 30.3 Å². The van der Waals surface area contributed by atoms with Crippen molar-refractivity contribution in [2.45, 2.75) is 32.0 Å². The van der Waals surface area contributed by atoms with Gasteiger partial charge in [0.1, 0.15) is 17.2 Å². The van der Waals surface area contributed by atoms with Crippen LogP contribution in [0.1, 0.15) is 35.3 Å². The van der Waals surface area contributed by atoms with Gasteiger partial charge in [-0.25, -0.2) is 0 Å². The maximum absolute atomic E-state index is 12.4. The highest BCUT2D eigenvalue weighted by atomic mass is 16.3. The molecule has 0 amide bonds. The number of hydrogen-bond acceptors (Lipinski definition) is 6. The molecule has 2 rings (SSSR count). The summed E-state index contributed by atoms with van der Waals surface area (Å²) in [5.41, 5.74) is -0.788. The SMILES string of the molecule is CC(C)(O)C(O)Cc1c(O)ccc(C(=O)/C=C/c2ccc(O)cc2)c1O. The van der Waals surface area contributed by atoms with Gasteiger partial charge in [0.05, 0.1) is 17.3 Å². The lowest BCUT2D eigenvalue weighted by atomic mass is 9.92. The number of aliphatic hydroxyl groups excluding tert-OH is 1. The third kappa shape index (κ3) is 4.62. The van der Waals surface area contributed by atoms with Gasteiger partial charge in [0, 0.05) is 12.0 Å². The minimum Gasteiger partial charge on any atom is -0.508 e. The van der Waals surface area contributed by atoms with E-state index in [-0.39, 0.29) is 29.0 Å². The lowest BCUT2D eigenvalue weighted by Gasteiger charge is -2.25. The molecule has 1 atom stereocenters. The van der Waals surface area contributed by atoms with Gasteiger partial charge in [-0.05, 0) is 49.8 Å². The number of phenolic OH excluding ortho intramolecular Hbond substituents is 3. The first-order valence-electron chi connectivity index (χ1n) is 8.05. The Hall–Kier alpha value is -2.83. The molecule has 0 aliphatic rings. The lowest BCUT2D eigenvalue weighted by molar-refractivity contribution is -0.0472. The zero-order valence-electron chi connectivity index (χ0n) is 14.5. The minimum absolute atomic E-state index is 0.0106. The van der Waals surface area contributed by atoms with E-state index < -0.39 is 23.2 Å². The summed E-state index contributed by atoms with van der Waals surface area (Å²) in [5, 5.41) is 49.4. The molecule has 0 fully saturated rings. The number of aromatic hydroxyl groups is 3. The van der Waals surface area contributed by atoms with Crippen LogP contribution in [0.4, 0.5) is 0 Å². The predicted octanol–water partition coefficient (Wildman–Crippen LogP) is 2.37. The summed E-state index contributed by atoms with van der Waals surface area (Å²) in [6.07, 6.45) is 1.33. The molecule has 2 aromatic rings. The van der Waals surface area contributed by atoms with Crippen LogP contribution >= 0.6 is 0 Å². The van der Waals surface area contributed by atoms with Crippen molar-refractivity contribution >= 4 is 11.9 Å². The fraction of sp³-hybridized carbons (Fsp3) is 0.250. The van der Waals surface area contributed by atoms with Crippen LogP contribution in [0.3, 0.4) is 0 Å². The third-order valence-electron chi connectivity index (χ3n) is 4.06. The van der Waals surface area contributed by atoms with Gasteiger partial charge in [-0.15, -0.1) is 0 Å². The molecule has 0 aliphatic carbocycles. The Morgan fingerprint density at radius 3 is 2.27 bits per heavy atom. The van der Waals surface area contributed by atoms with E-state index in [4.69, 9.17) is 0 Å². The van der Waals surface area contributed by atoms with Gasteiger partial charge in [-0.1, -0.05) is 18.2 Å². The molecular formula is C20H22O6. The van der Waals surface area contributed by atoms with Crippen molar-refractivity contribution in [3.63, 3.8) is 0 Å². The summed E-state index contributed by atoms with van der Waals surface area (Å²) in [7, 11) is 0. The van der Waals surface area contributed by atoms with Crippen LogP contribution in [0.5, 0.6) is 17.2 Å². The molecule has 0 heterocycles. The second-order valence-electron chi connectivity index (χ2n) is 6.62. The second-order valence-corrected chi connectivity index (χ2v) is 6.62.